The van der Waals surface area contributed by atoms with Crippen LogP contribution in [0.1, 0.15) is 21.7 Å². The minimum Gasteiger partial charge on any atom is -0.486 e. The highest BCUT2D eigenvalue weighted by molar-refractivity contribution is 5.91. The molecule has 0 radical (unpaired) electrons. The summed E-state index contributed by atoms with van der Waals surface area (Å²) in [6.45, 7) is 3.50. The van der Waals surface area contributed by atoms with E-state index in [4.69, 9.17) is 9.47 Å². The van der Waals surface area contributed by atoms with Gasteiger partial charge < -0.3 is 14.8 Å². The highest BCUT2D eigenvalue weighted by Gasteiger charge is 2.12. The van der Waals surface area contributed by atoms with Crippen LogP contribution in [0.4, 0.5) is 0 Å². The number of hydrogen-bond donors (Lipinski definition) is 1. The van der Waals surface area contributed by atoms with Crippen molar-refractivity contribution < 1.29 is 14.3 Å². The van der Waals surface area contributed by atoms with Gasteiger partial charge in [-0.1, -0.05) is 6.07 Å². The van der Waals surface area contributed by atoms with Gasteiger partial charge in [0.2, 0.25) is 0 Å². The number of hydrogen-bond acceptors (Lipinski definition) is 5. The number of carbonyl (C=O) groups excluding carboxylic acids is 1. The average Bonchev–Trinajstić information content (AvgIpc) is 2.55. The Hall–Kier alpha value is -2.63. The number of benzene rings is 1. The number of amides is 1. The van der Waals surface area contributed by atoms with Gasteiger partial charge in [-0.05, 0) is 31.0 Å². The van der Waals surface area contributed by atoms with Crippen LogP contribution in [0.5, 0.6) is 11.5 Å². The maximum absolute atomic E-state index is 11.9. The van der Waals surface area contributed by atoms with E-state index in [-0.39, 0.29) is 5.91 Å². The Morgan fingerprint density at radius 1 is 1.18 bits per heavy atom. The van der Waals surface area contributed by atoms with Crippen molar-refractivity contribution in [3.63, 3.8) is 0 Å². The van der Waals surface area contributed by atoms with E-state index in [0.717, 1.165) is 22.8 Å². The molecule has 1 N–H and O–H groups in total. The van der Waals surface area contributed by atoms with Crippen molar-refractivity contribution >= 4 is 5.91 Å². The Balaban J connectivity index is 1.54. The second kappa shape index (κ2) is 6.43. The van der Waals surface area contributed by atoms with Gasteiger partial charge in [0.15, 0.2) is 11.5 Å². The van der Waals surface area contributed by atoms with Gasteiger partial charge in [-0.25, -0.2) is 4.98 Å². The lowest BCUT2D eigenvalue weighted by Crippen LogP contribution is -2.26. The molecular weight excluding hydrogens is 282 g/mol. The van der Waals surface area contributed by atoms with Crippen LogP contribution < -0.4 is 14.8 Å². The van der Waals surface area contributed by atoms with Crippen molar-refractivity contribution in [2.24, 2.45) is 0 Å². The van der Waals surface area contributed by atoms with Crippen LogP contribution in [0.15, 0.2) is 30.6 Å². The van der Waals surface area contributed by atoms with E-state index in [9.17, 15) is 4.79 Å². The first kappa shape index (κ1) is 14.3. The second-order valence-electron chi connectivity index (χ2n) is 5.03. The first-order chi connectivity index (χ1) is 10.7. The third-order valence-electron chi connectivity index (χ3n) is 3.32. The summed E-state index contributed by atoms with van der Waals surface area (Å²) in [6.07, 6.45) is 3.77. The first-order valence-corrected chi connectivity index (χ1v) is 7.18. The average molecular weight is 299 g/mol. The molecule has 0 fully saturated rings. The molecule has 22 heavy (non-hydrogen) atoms. The number of fused-ring (bicyclic) bond motifs is 1. The van der Waals surface area contributed by atoms with E-state index < -0.39 is 0 Å². The van der Waals surface area contributed by atoms with Crippen LogP contribution >= 0.6 is 0 Å². The fourth-order valence-electron chi connectivity index (χ4n) is 2.16. The summed E-state index contributed by atoms with van der Waals surface area (Å²) in [5.41, 5.74) is 2.19. The molecule has 0 spiro atoms. The summed E-state index contributed by atoms with van der Waals surface area (Å²) in [7, 11) is 0. The minimum absolute atomic E-state index is 0.218. The molecule has 1 aromatic heterocycles. The monoisotopic (exact) mass is 299 g/mol. The summed E-state index contributed by atoms with van der Waals surface area (Å²) in [5, 5.41) is 2.83. The number of aryl methyl sites for hydroxylation is 1. The van der Waals surface area contributed by atoms with Crippen molar-refractivity contribution in [3.8, 4) is 11.5 Å². The van der Waals surface area contributed by atoms with E-state index in [1.54, 1.807) is 6.20 Å². The third-order valence-corrected chi connectivity index (χ3v) is 3.32. The van der Waals surface area contributed by atoms with E-state index in [1.165, 1.54) is 6.20 Å². The summed E-state index contributed by atoms with van der Waals surface area (Å²) in [6, 6.07) is 5.83. The van der Waals surface area contributed by atoms with Crippen LogP contribution in [-0.4, -0.2) is 35.6 Å². The third kappa shape index (κ3) is 3.33. The van der Waals surface area contributed by atoms with Crippen molar-refractivity contribution in [3.05, 3.63) is 47.5 Å². The Bertz CT molecular complexity index is 671. The molecule has 3 rings (SSSR count). The Kier molecular flexibility index (Phi) is 4.18. The molecular formula is C16H17N3O3. The van der Waals surface area contributed by atoms with E-state index in [0.29, 0.717) is 31.9 Å². The highest BCUT2D eigenvalue weighted by Crippen LogP contribution is 2.30. The van der Waals surface area contributed by atoms with Gasteiger partial charge >= 0.3 is 0 Å². The lowest BCUT2D eigenvalue weighted by molar-refractivity contribution is 0.0948. The van der Waals surface area contributed by atoms with Crippen LogP contribution in [0.3, 0.4) is 0 Å². The number of nitrogens with one attached hydrogen (secondary N) is 1. The molecule has 0 atom stereocenters. The molecule has 6 heteroatoms. The SMILES string of the molecule is Cc1cnc(C(=O)NCCc2ccc3c(c2)OCCO3)cn1. The van der Waals surface area contributed by atoms with Gasteiger partial charge in [0.1, 0.15) is 18.9 Å². The number of carbonyl (C=O) groups is 1. The van der Waals surface area contributed by atoms with Crippen LogP contribution in [0.25, 0.3) is 0 Å². The van der Waals surface area contributed by atoms with Crippen molar-refractivity contribution in [2.75, 3.05) is 19.8 Å². The van der Waals surface area contributed by atoms with E-state index in [2.05, 4.69) is 15.3 Å². The smallest absolute Gasteiger partial charge is 0.271 e. The lowest BCUT2D eigenvalue weighted by Gasteiger charge is -2.18. The quantitative estimate of drug-likeness (QED) is 0.927. The van der Waals surface area contributed by atoms with Gasteiger partial charge in [0.05, 0.1) is 11.9 Å². The zero-order valence-corrected chi connectivity index (χ0v) is 12.3. The maximum Gasteiger partial charge on any atom is 0.271 e. The predicted molar refractivity (Wildman–Crippen MR) is 80.2 cm³/mol. The van der Waals surface area contributed by atoms with Crippen LogP contribution in [-0.2, 0) is 6.42 Å². The molecule has 1 aromatic carbocycles. The first-order valence-electron chi connectivity index (χ1n) is 7.18. The molecule has 0 unspecified atom stereocenters. The molecule has 0 saturated carbocycles. The van der Waals surface area contributed by atoms with Crippen LogP contribution in [0, 0.1) is 6.92 Å². The lowest BCUT2D eigenvalue weighted by atomic mass is 10.1. The number of nitrogens with zero attached hydrogens (tertiary/aromatic N) is 2. The Morgan fingerprint density at radius 2 is 2.00 bits per heavy atom. The second-order valence-corrected chi connectivity index (χ2v) is 5.03. The Labute approximate surface area is 128 Å². The highest BCUT2D eigenvalue weighted by atomic mass is 16.6. The molecule has 6 nitrogen and oxygen atoms in total. The summed E-state index contributed by atoms with van der Waals surface area (Å²) in [5.74, 6) is 1.32. The largest absolute Gasteiger partial charge is 0.486 e. The zero-order valence-electron chi connectivity index (χ0n) is 12.3. The van der Waals surface area contributed by atoms with Gasteiger partial charge in [-0.15, -0.1) is 0 Å². The molecule has 114 valence electrons. The molecule has 0 saturated heterocycles. The molecule has 2 heterocycles. The molecule has 1 amide bonds. The summed E-state index contributed by atoms with van der Waals surface area (Å²) in [4.78, 5) is 20.0. The molecule has 2 aromatic rings. The zero-order chi connectivity index (χ0) is 15.4. The molecule has 1 aliphatic rings. The normalized spacial score (nSPS) is 12.8. The maximum atomic E-state index is 11.9. The topological polar surface area (TPSA) is 73.3 Å². The standard InChI is InChI=1S/C16H17N3O3/c1-11-9-19-13(10-18-11)16(20)17-5-4-12-2-3-14-15(8-12)22-7-6-21-14/h2-3,8-10H,4-7H2,1H3,(H,17,20). The fourth-order valence-corrected chi connectivity index (χ4v) is 2.16. The van der Waals surface area contributed by atoms with E-state index >= 15 is 0 Å². The molecule has 1 aliphatic heterocycles. The summed E-state index contributed by atoms with van der Waals surface area (Å²) >= 11 is 0. The van der Waals surface area contributed by atoms with Crippen molar-refractivity contribution in [1.82, 2.24) is 15.3 Å². The van der Waals surface area contributed by atoms with Crippen molar-refractivity contribution in [2.45, 2.75) is 13.3 Å². The van der Waals surface area contributed by atoms with Gasteiger partial charge in [0, 0.05) is 12.7 Å². The molecule has 0 aliphatic carbocycles. The van der Waals surface area contributed by atoms with E-state index in [1.807, 2.05) is 25.1 Å². The fraction of sp³-hybridized carbons (Fsp3) is 0.312. The number of ether oxygens (including phenoxy) is 2. The Morgan fingerprint density at radius 3 is 2.77 bits per heavy atom. The number of rotatable bonds is 4. The predicted octanol–water partition coefficient (Wildman–Crippen LogP) is 1.53. The van der Waals surface area contributed by atoms with Crippen LogP contribution in [0.2, 0.25) is 0 Å². The minimum atomic E-state index is -0.218. The molecule has 0 bridgehead atoms. The van der Waals surface area contributed by atoms with Gasteiger partial charge in [-0.3, -0.25) is 9.78 Å². The summed E-state index contributed by atoms with van der Waals surface area (Å²) < 4.78 is 11.0. The van der Waals surface area contributed by atoms with Gasteiger partial charge in [0.25, 0.3) is 5.91 Å². The van der Waals surface area contributed by atoms with Gasteiger partial charge in [-0.2, -0.15) is 0 Å². The number of aromatic nitrogens is 2. The van der Waals surface area contributed by atoms with Crippen molar-refractivity contribution in [1.29, 1.82) is 0 Å².